The largest absolute Gasteiger partial charge is 0.459 e. The molecule has 3 nitrogen and oxygen atoms in total. The lowest BCUT2D eigenvalue weighted by Gasteiger charge is -2.20. The second kappa shape index (κ2) is 7.25. The minimum Gasteiger partial charge on any atom is -0.459 e. The molecule has 1 aromatic rings. The summed E-state index contributed by atoms with van der Waals surface area (Å²) in [6.45, 7) is 10.4. The Hall–Kier alpha value is -1.61. The van der Waals surface area contributed by atoms with Gasteiger partial charge in [-0.15, -0.1) is 0 Å². The van der Waals surface area contributed by atoms with Crippen LogP contribution in [0.25, 0.3) is 0 Å². The summed E-state index contributed by atoms with van der Waals surface area (Å²) in [6, 6.07) is 9.41. The second-order valence-corrected chi connectivity index (χ2v) is 6.30. The Morgan fingerprint density at radius 1 is 1.30 bits per heavy atom. The van der Waals surface area contributed by atoms with Crippen LogP contribution in [-0.2, 0) is 16.1 Å². The van der Waals surface area contributed by atoms with Gasteiger partial charge in [-0.3, -0.25) is 0 Å². The van der Waals surface area contributed by atoms with Crippen molar-refractivity contribution in [1.29, 1.82) is 0 Å². The maximum absolute atomic E-state index is 11.7. The summed E-state index contributed by atoms with van der Waals surface area (Å²) >= 11 is 0. The molecule has 1 aromatic carbocycles. The van der Waals surface area contributed by atoms with Crippen LogP contribution in [0.4, 0.5) is 0 Å². The fourth-order valence-corrected chi connectivity index (χ4v) is 2.00. The normalized spacial score (nSPS) is 12.8. The molecule has 0 amide bonds. The summed E-state index contributed by atoms with van der Waals surface area (Å²) < 4.78 is 5.09. The molecule has 3 heteroatoms. The van der Waals surface area contributed by atoms with Crippen LogP contribution >= 0.6 is 0 Å². The average Bonchev–Trinajstić information content (AvgIpc) is 2.34. The van der Waals surface area contributed by atoms with Gasteiger partial charge in [0.1, 0.15) is 6.61 Å². The molecule has 0 heterocycles. The van der Waals surface area contributed by atoms with E-state index in [1.165, 1.54) is 0 Å². The molecule has 0 aliphatic heterocycles. The number of aliphatic hydroxyl groups is 1. The summed E-state index contributed by atoms with van der Waals surface area (Å²) in [7, 11) is 0. The van der Waals surface area contributed by atoms with Gasteiger partial charge in [0.05, 0.1) is 0 Å². The van der Waals surface area contributed by atoms with Gasteiger partial charge in [-0.25, -0.2) is 4.79 Å². The highest BCUT2D eigenvalue weighted by Gasteiger charge is 2.20. The van der Waals surface area contributed by atoms with Gasteiger partial charge in [0.15, 0.2) is 6.10 Å². The fraction of sp³-hybridized carbons (Fsp3) is 0.471. The molecule has 0 aliphatic carbocycles. The van der Waals surface area contributed by atoms with Crippen molar-refractivity contribution in [3.05, 3.63) is 48.0 Å². The molecule has 1 N–H and O–H groups in total. The zero-order chi connectivity index (χ0) is 15.2. The number of carbonyl (C=O) groups excluding carboxylic acids is 1. The van der Waals surface area contributed by atoms with E-state index < -0.39 is 12.1 Å². The number of aliphatic hydroxyl groups excluding tert-OH is 1. The van der Waals surface area contributed by atoms with Crippen molar-refractivity contribution in [3.63, 3.8) is 0 Å². The number of hydrogen-bond acceptors (Lipinski definition) is 3. The van der Waals surface area contributed by atoms with Crippen LogP contribution in [0.1, 0.15) is 39.2 Å². The van der Waals surface area contributed by atoms with Crippen molar-refractivity contribution in [3.8, 4) is 0 Å². The van der Waals surface area contributed by atoms with Gasteiger partial charge < -0.3 is 9.84 Å². The van der Waals surface area contributed by atoms with Gasteiger partial charge in [-0.05, 0) is 17.4 Å². The van der Waals surface area contributed by atoms with E-state index in [1.54, 1.807) is 0 Å². The van der Waals surface area contributed by atoms with Crippen LogP contribution in [0.5, 0.6) is 0 Å². The smallest absolute Gasteiger partial charge is 0.335 e. The maximum atomic E-state index is 11.7. The third-order valence-electron chi connectivity index (χ3n) is 2.76. The first-order chi connectivity index (χ1) is 9.28. The first-order valence-electron chi connectivity index (χ1n) is 6.83. The predicted octanol–water partition coefficient (Wildman–Crippen LogP) is 3.47. The molecule has 20 heavy (non-hydrogen) atoms. The number of rotatable bonds is 6. The van der Waals surface area contributed by atoms with Gasteiger partial charge in [-0.2, -0.15) is 0 Å². The SMILES string of the molecule is C=C(C[C@H](O)C(=O)OCc1ccccc1)CC(C)(C)C. The Morgan fingerprint density at radius 3 is 2.45 bits per heavy atom. The molecular formula is C17H24O3. The van der Waals surface area contributed by atoms with E-state index in [1.807, 2.05) is 30.3 Å². The maximum Gasteiger partial charge on any atom is 0.335 e. The van der Waals surface area contributed by atoms with Gasteiger partial charge in [-0.1, -0.05) is 63.3 Å². The van der Waals surface area contributed by atoms with Crippen LogP contribution < -0.4 is 0 Å². The average molecular weight is 276 g/mol. The molecule has 110 valence electrons. The van der Waals surface area contributed by atoms with Crippen LogP contribution in [-0.4, -0.2) is 17.2 Å². The highest BCUT2D eigenvalue weighted by molar-refractivity contribution is 5.74. The lowest BCUT2D eigenvalue weighted by molar-refractivity contribution is -0.154. The molecule has 0 unspecified atom stereocenters. The molecule has 0 bridgehead atoms. The van der Waals surface area contributed by atoms with E-state index in [9.17, 15) is 9.90 Å². The highest BCUT2D eigenvalue weighted by atomic mass is 16.5. The molecule has 0 fully saturated rings. The van der Waals surface area contributed by atoms with Crippen molar-refractivity contribution in [2.45, 2.75) is 46.3 Å². The number of hydrogen-bond donors (Lipinski definition) is 1. The number of benzene rings is 1. The lowest BCUT2D eigenvalue weighted by Crippen LogP contribution is -2.24. The van der Waals surface area contributed by atoms with Crippen LogP contribution in [0.15, 0.2) is 42.5 Å². The standard InChI is InChI=1S/C17H24O3/c1-13(11-17(2,3)4)10-15(18)16(19)20-12-14-8-6-5-7-9-14/h5-9,15,18H,1,10-12H2,2-4H3/t15-/m0/s1. The summed E-state index contributed by atoms with van der Waals surface area (Å²) in [5.41, 5.74) is 1.87. The summed E-state index contributed by atoms with van der Waals surface area (Å²) in [5.74, 6) is -0.594. The van der Waals surface area contributed by atoms with Crippen molar-refractivity contribution in [2.24, 2.45) is 5.41 Å². The molecule has 0 aliphatic rings. The molecule has 0 spiro atoms. The summed E-state index contributed by atoms with van der Waals surface area (Å²) in [4.78, 5) is 11.7. The van der Waals surface area contributed by atoms with Gasteiger partial charge in [0.25, 0.3) is 0 Å². The highest BCUT2D eigenvalue weighted by Crippen LogP contribution is 2.25. The molecule has 0 radical (unpaired) electrons. The van der Waals surface area contributed by atoms with Gasteiger partial charge >= 0.3 is 5.97 Å². The van der Waals surface area contributed by atoms with Gasteiger partial charge in [0, 0.05) is 6.42 Å². The molecule has 1 atom stereocenters. The zero-order valence-corrected chi connectivity index (χ0v) is 12.6. The topological polar surface area (TPSA) is 46.5 Å². The predicted molar refractivity (Wildman–Crippen MR) is 80.1 cm³/mol. The summed E-state index contributed by atoms with van der Waals surface area (Å²) in [6.07, 6.45) is -0.102. The third-order valence-corrected chi connectivity index (χ3v) is 2.76. The first kappa shape index (κ1) is 16.4. The van der Waals surface area contributed by atoms with Crippen LogP contribution in [0.2, 0.25) is 0 Å². The molecule has 0 saturated carbocycles. The Labute approximate surface area is 121 Å². The minimum atomic E-state index is -1.13. The number of carbonyl (C=O) groups is 1. The lowest BCUT2D eigenvalue weighted by atomic mass is 9.87. The number of esters is 1. The zero-order valence-electron chi connectivity index (χ0n) is 12.6. The van der Waals surface area contributed by atoms with Crippen LogP contribution in [0.3, 0.4) is 0 Å². The molecule has 0 aromatic heterocycles. The minimum absolute atomic E-state index is 0.102. The molecule has 1 rings (SSSR count). The van der Waals surface area contributed by atoms with Crippen molar-refractivity contribution >= 4 is 5.97 Å². The fourth-order valence-electron chi connectivity index (χ4n) is 2.00. The summed E-state index contributed by atoms with van der Waals surface area (Å²) in [5, 5.41) is 9.83. The Kier molecular flexibility index (Phi) is 5.96. The molecular weight excluding hydrogens is 252 g/mol. The molecule has 0 saturated heterocycles. The Morgan fingerprint density at radius 2 is 1.90 bits per heavy atom. The van der Waals surface area contributed by atoms with E-state index in [4.69, 9.17) is 4.74 Å². The van der Waals surface area contributed by atoms with Crippen molar-refractivity contribution in [1.82, 2.24) is 0 Å². The second-order valence-electron chi connectivity index (χ2n) is 6.30. The quantitative estimate of drug-likeness (QED) is 0.639. The van der Waals surface area contributed by atoms with Crippen molar-refractivity contribution < 1.29 is 14.6 Å². The van der Waals surface area contributed by atoms with Gasteiger partial charge in [0.2, 0.25) is 0 Å². The number of ether oxygens (including phenoxy) is 1. The van der Waals surface area contributed by atoms with E-state index in [-0.39, 0.29) is 18.4 Å². The van der Waals surface area contributed by atoms with E-state index in [2.05, 4.69) is 27.4 Å². The van der Waals surface area contributed by atoms with E-state index in [0.717, 1.165) is 17.6 Å². The monoisotopic (exact) mass is 276 g/mol. The van der Waals surface area contributed by atoms with E-state index >= 15 is 0 Å². The van der Waals surface area contributed by atoms with E-state index in [0.29, 0.717) is 0 Å². The van der Waals surface area contributed by atoms with Crippen molar-refractivity contribution in [2.75, 3.05) is 0 Å². The van der Waals surface area contributed by atoms with Crippen LogP contribution in [0, 0.1) is 5.41 Å². The third kappa shape index (κ3) is 6.53. The first-order valence-corrected chi connectivity index (χ1v) is 6.83. The Balaban J connectivity index is 2.38. The Bertz CT molecular complexity index is 443.